The highest BCUT2D eigenvalue weighted by molar-refractivity contribution is 5.94. The van der Waals surface area contributed by atoms with Gasteiger partial charge in [0, 0.05) is 12.1 Å². The van der Waals surface area contributed by atoms with E-state index in [9.17, 15) is 9.90 Å². The fraction of sp³-hybridized carbons (Fsp3) is 0.500. The summed E-state index contributed by atoms with van der Waals surface area (Å²) >= 11 is 0. The van der Waals surface area contributed by atoms with Gasteiger partial charge >= 0.3 is 0 Å². The lowest BCUT2D eigenvalue weighted by Crippen LogP contribution is -2.32. The van der Waals surface area contributed by atoms with E-state index < -0.39 is 6.10 Å². The van der Waals surface area contributed by atoms with Crippen LogP contribution in [-0.2, 0) is 0 Å². The van der Waals surface area contributed by atoms with Crippen LogP contribution in [0.5, 0.6) is 11.5 Å². The molecule has 0 spiro atoms. The number of aliphatic hydroxyl groups excluding tert-OH is 1. The predicted octanol–water partition coefficient (Wildman–Crippen LogP) is 1.55. The van der Waals surface area contributed by atoms with E-state index in [2.05, 4.69) is 5.32 Å². The van der Waals surface area contributed by atoms with Crippen LogP contribution >= 0.6 is 0 Å². The van der Waals surface area contributed by atoms with Gasteiger partial charge in [-0.25, -0.2) is 0 Å². The monoisotopic (exact) mass is 265 g/mol. The van der Waals surface area contributed by atoms with Crippen LogP contribution in [0.15, 0.2) is 18.2 Å². The second kappa shape index (κ2) is 5.93. The molecular formula is C14H19NO4. The molecule has 1 aromatic rings. The number of fused-ring (bicyclic) bond motifs is 1. The van der Waals surface area contributed by atoms with Gasteiger partial charge in [0.05, 0.1) is 6.10 Å². The Labute approximate surface area is 112 Å². The van der Waals surface area contributed by atoms with Gasteiger partial charge < -0.3 is 19.9 Å². The summed E-state index contributed by atoms with van der Waals surface area (Å²) in [5.41, 5.74) is 0.501. The maximum atomic E-state index is 11.9. The molecule has 1 aromatic carbocycles. The highest BCUT2D eigenvalue weighted by Gasteiger charge is 2.16. The summed E-state index contributed by atoms with van der Waals surface area (Å²) in [7, 11) is 0. The highest BCUT2D eigenvalue weighted by Crippen LogP contribution is 2.32. The number of amides is 1. The molecule has 5 heteroatoms. The van der Waals surface area contributed by atoms with Crippen molar-refractivity contribution in [3.8, 4) is 11.5 Å². The van der Waals surface area contributed by atoms with E-state index in [1.807, 2.05) is 13.8 Å². The normalized spacial score (nSPS) is 14.5. The van der Waals surface area contributed by atoms with Gasteiger partial charge in [-0.05, 0) is 30.5 Å². The first kappa shape index (κ1) is 13.7. The van der Waals surface area contributed by atoms with Crippen LogP contribution in [0.4, 0.5) is 0 Å². The van der Waals surface area contributed by atoms with Crippen LogP contribution in [0.2, 0.25) is 0 Å². The van der Waals surface area contributed by atoms with E-state index in [0.29, 0.717) is 29.4 Å². The topological polar surface area (TPSA) is 67.8 Å². The summed E-state index contributed by atoms with van der Waals surface area (Å²) < 4.78 is 10.4. The van der Waals surface area contributed by atoms with Gasteiger partial charge in [0.25, 0.3) is 5.91 Å². The minimum absolute atomic E-state index is 0.188. The summed E-state index contributed by atoms with van der Waals surface area (Å²) in [5, 5.41) is 12.4. The zero-order chi connectivity index (χ0) is 13.8. The lowest BCUT2D eigenvalue weighted by molar-refractivity contribution is 0.0900. The molecule has 5 nitrogen and oxygen atoms in total. The summed E-state index contributed by atoms with van der Waals surface area (Å²) in [4.78, 5) is 11.9. The van der Waals surface area contributed by atoms with Crippen molar-refractivity contribution in [3.63, 3.8) is 0 Å². The summed E-state index contributed by atoms with van der Waals surface area (Å²) in [6.07, 6.45) is 0.152. The number of carbonyl (C=O) groups excluding carboxylic acids is 1. The van der Waals surface area contributed by atoms with Gasteiger partial charge in [-0.3, -0.25) is 4.79 Å². The van der Waals surface area contributed by atoms with Crippen LogP contribution in [0.25, 0.3) is 0 Å². The number of carbonyl (C=O) groups is 1. The molecule has 0 fully saturated rings. The van der Waals surface area contributed by atoms with Gasteiger partial charge in [-0.1, -0.05) is 13.8 Å². The quantitative estimate of drug-likeness (QED) is 0.847. The maximum absolute atomic E-state index is 11.9. The Morgan fingerprint density at radius 1 is 1.37 bits per heavy atom. The molecule has 0 radical (unpaired) electrons. The summed E-state index contributed by atoms with van der Waals surface area (Å²) in [6, 6.07) is 5.03. The Hall–Kier alpha value is -1.75. The smallest absolute Gasteiger partial charge is 0.251 e. The average Bonchev–Trinajstić information content (AvgIpc) is 2.82. The molecule has 1 atom stereocenters. The first-order valence-electron chi connectivity index (χ1n) is 6.42. The molecule has 1 amide bonds. The Balaban J connectivity index is 1.90. The molecule has 2 rings (SSSR count). The molecule has 1 heterocycles. The zero-order valence-corrected chi connectivity index (χ0v) is 11.2. The van der Waals surface area contributed by atoms with Crippen LogP contribution in [0, 0.1) is 5.92 Å². The number of benzene rings is 1. The fourth-order valence-corrected chi connectivity index (χ4v) is 1.98. The van der Waals surface area contributed by atoms with Gasteiger partial charge in [0.1, 0.15) is 0 Å². The number of hydrogen-bond donors (Lipinski definition) is 2. The van der Waals surface area contributed by atoms with Crippen LogP contribution in [0.1, 0.15) is 30.6 Å². The Morgan fingerprint density at radius 2 is 2.11 bits per heavy atom. The van der Waals surface area contributed by atoms with E-state index in [1.54, 1.807) is 18.2 Å². The molecule has 0 bridgehead atoms. The molecule has 19 heavy (non-hydrogen) atoms. The molecule has 2 N–H and O–H groups in total. The number of aliphatic hydroxyl groups is 1. The number of rotatable bonds is 5. The summed E-state index contributed by atoms with van der Waals surface area (Å²) in [5.74, 6) is 1.41. The van der Waals surface area contributed by atoms with Crippen molar-refractivity contribution >= 4 is 5.91 Å². The maximum Gasteiger partial charge on any atom is 0.251 e. The van der Waals surface area contributed by atoms with Crippen molar-refractivity contribution in [2.75, 3.05) is 13.3 Å². The van der Waals surface area contributed by atoms with Gasteiger partial charge in [0.2, 0.25) is 6.79 Å². The van der Waals surface area contributed by atoms with Gasteiger partial charge in [-0.2, -0.15) is 0 Å². The first-order chi connectivity index (χ1) is 9.06. The van der Waals surface area contributed by atoms with E-state index in [4.69, 9.17) is 9.47 Å². The minimum atomic E-state index is -0.516. The highest BCUT2D eigenvalue weighted by atomic mass is 16.7. The molecule has 0 aromatic heterocycles. The van der Waals surface area contributed by atoms with E-state index in [0.717, 1.165) is 0 Å². The van der Waals surface area contributed by atoms with Crippen molar-refractivity contribution in [2.45, 2.75) is 26.4 Å². The molecule has 1 aliphatic rings. The van der Waals surface area contributed by atoms with Crippen molar-refractivity contribution in [3.05, 3.63) is 23.8 Å². The summed E-state index contributed by atoms with van der Waals surface area (Å²) in [6.45, 7) is 4.50. The first-order valence-corrected chi connectivity index (χ1v) is 6.42. The third-order valence-corrected chi connectivity index (χ3v) is 2.88. The zero-order valence-electron chi connectivity index (χ0n) is 11.2. The van der Waals surface area contributed by atoms with Crippen LogP contribution < -0.4 is 14.8 Å². The lowest BCUT2D eigenvalue weighted by atomic mass is 10.1. The van der Waals surface area contributed by atoms with Crippen LogP contribution in [-0.4, -0.2) is 30.5 Å². The number of ether oxygens (including phenoxy) is 2. The minimum Gasteiger partial charge on any atom is -0.454 e. The third-order valence-electron chi connectivity index (χ3n) is 2.88. The molecule has 1 aliphatic heterocycles. The van der Waals surface area contributed by atoms with Crippen molar-refractivity contribution in [1.82, 2.24) is 5.32 Å². The molecule has 0 saturated carbocycles. The molecule has 0 aliphatic carbocycles. The SMILES string of the molecule is CC(C)CC(O)CNC(=O)c1ccc2c(c1)OCO2. The second-order valence-corrected chi connectivity index (χ2v) is 5.06. The molecular weight excluding hydrogens is 246 g/mol. The Bertz CT molecular complexity index is 459. The Kier molecular flexibility index (Phi) is 4.27. The second-order valence-electron chi connectivity index (χ2n) is 5.06. The average molecular weight is 265 g/mol. The number of nitrogens with one attached hydrogen (secondary N) is 1. The molecule has 1 unspecified atom stereocenters. The lowest BCUT2D eigenvalue weighted by Gasteiger charge is -2.13. The molecule has 0 saturated heterocycles. The van der Waals surface area contributed by atoms with Gasteiger partial charge in [-0.15, -0.1) is 0 Å². The number of hydrogen-bond acceptors (Lipinski definition) is 4. The van der Waals surface area contributed by atoms with E-state index in [-0.39, 0.29) is 19.2 Å². The van der Waals surface area contributed by atoms with E-state index >= 15 is 0 Å². The van der Waals surface area contributed by atoms with Crippen molar-refractivity contribution < 1.29 is 19.4 Å². The van der Waals surface area contributed by atoms with Crippen molar-refractivity contribution in [2.24, 2.45) is 5.92 Å². The standard InChI is InChI=1S/C14H19NO4/c1-9(2)5-11(16)7-15-14(17)10-3-4-12-13(6-10)19-8-18-12/h3-4,6,9,11,16H,5,7-8H2,1-2H3,(H,15,17). The molecule has 104 valence electrons. The predicted molar refractivity (Wildman–Crippen MR) is 70.4 cm³/mol. The van der Waals surface area contributed by atoms with Gasteiger partial charge in [0.15, 0.2) is 11.5 Å². The van der Waals surface area contributed by atoms with Crippen LogP contribution in [0.3, 0.4) is 0 Å². The Morgan fingerprint density at radius 3 is 2.84 bits per heavy atom. The largest absolute Gasteiger partial charge is 0.454 e. The third kappa shape index (κ3) is 3.61. The van der Waals surface area contributed by atoms with Crippen molar-refractivity contribution in [1.29, 1.82) is 0 Å². The fourth-order valence-electron chi connectivity index (χ4n) is 1.98. The van der Waals surface area contributed by atoms with E-state index in [1.165, 1.54) is 0 Å².